The van der Waals surface area contributed by atoms with Gasteiger partial charge in [0, 0.05) is 17.1 Å². The van der Waals surface area contributed by atoms with Crippen molar-refractivity contribution in [3.63, 3.8) is 0 Å². The van der Waals surface area contributed by atoms with Crippen LogP contribution in [0, 0.1) is 17.8 Å². The number of para-hydroxylation sites is 1. The van der Waals surface area contributed by atoms with E-state index >= 15 is 0 Å². The molecule has 4 aliphatic rings. The third-order valence-corrected chi connectivity index (χ3v) is 10.2. The van der Waals surface area contributed by atoms with E-state index in [0.29, 0.717) is 5.41 Å². The van der Waals surface area contributed by atoms with Crippen LogP contribution >= 0.6 is 0 Å². The maximum atomic E-state index is 2.53. The summed E-state index contributed by atoms with van der Waals surface area (Å²) in [6.45, 7) is 0. The Morgan fingerprint density at radius 1 is 0.415 bits per heavy atom. The van der Waals surface area contributed by atoms with E-state index in [9.17, 15) is 0 Å². The molecule has 0 heterocycles. The fourth-order valence-corrected chi connectivity index (χ4v) is 8.85. The minimum absolute atomic E-state index is 0.317. The average molecular weight is 532 g/mol. The Bertz CT molecular complexity index is 1520. The molecular weight excluding hydrogens is 494 g/mol. The number of rotatable bonds is 6. The van der Waals surface area contributed by atoms with Gasteiger partial charge in [-0.3, -0.25) is 0 Å². The largest absolute Gasteiger partial charge is 0.310 e. The molecule has 202 valence electrons. The maximum absolute atomic E-state index is 2.53. The van der Waals surface area contributed by atoms with E-state index in [2.05, 4.69) is 138 Å². The van der Waals surface area contributed by atoms with E-state index in [-0.39, 0.29) is 0 Å². The van der Waals surface area contributed by atoms with Crippen LogP contribution in [0.4, 0.5) is 17.1 Å². The van der Waals surface area contributed by atoms with Crippen molar-refractivity contribution in [2.24, 2.45) is 17.8 Å². The lowest BCUT2D eigenvalue weighted by atomic mass is 9.48. The smallest absolute Gasteiger partial charge is 0.0499 e. The lowest BCUT2D eigenvalue weighted by Gasteiger charge is -2.57. The lowest BCUT2D eigenvalue weighted by molar-refractivity contribution is -0.00491. The molecule has 5 aromatic carbocycles. The van der Waals surface area contributed by atoms with Crippen LogP contribution in [0.2, 0.25) is 0 Å². The van der Waals surface area contributed by atoms with Gasteiger partial charge in [0.05, 0.1) is 0 Å². The number of hydrogen-bond acceptors (Lipinski definition) is 1. The second-order valence-electron chi connectivity index (χ2n) is 12.9. The molecule has 0 aliphatic heterocycles. The molecule has 9 rings (SSSR count). The zero-order valence-corrected chi connectivity index (χ0v) is 23.6. The molecule has 1 heteroatoms. The van der Waals surface area contributed by atoms with Gasteiger partial charge in [-0.1, -0.05) is 103 Å². The summed E-state index contributed by atoms with van der Waals surface area (Å²) in [4.78, 5) is 2.53. The molecule has 4 bridgehead atoms. The Hall–Kier alpha value is -4.10. The Morgan fingerprint density at radius 3 is 1.27 bits per heavy atom. The SMILES string of the molecule is c1ccc(-c2ccc(N(c3ccc(-c4ccccc4)cc3)c3ccccc3C34CC5CC(CC(C5)C3)C4)cc2)cc1. The van der Waals surface area contributed by atoms with E-state index in [1.165, 1.54) is 77.8 Å². The molecule has 0 atom stereocenters. The summed E-state index contributed by atoms with van der Waals surface area (Å²) < 4.78 is 0. The van der Waals surface area contributed by atoms with E-state index in [1.807, 2.05) is 0 Å². The zero-order valence-electron chi connectivity index (χ0n) is 23.6. The molecule has 4 saturated carbocycles. The van der Waals surface area contributed by atoms with Gasteiger partial charge in [-0.2, -0.15) is 0 Å². The Morgan fingerprint density at radius 2 is 0.805 bits per heavy atom. The van der Waals surface area contributed by atoms with Crippen molar-refractivity contribution in [1.82, 2.24) is 0 Å². The van der Waals surface area contributed by atoms with Crippen LogP contribution in [0.5, 0.6) is 0 Å². The summed E-state index contributed by atoms with van der Waals surface area (Å²) in [5.74, 6) is 2.74. The Labute approximate surface area is 244 Å². The van der Waals surface area contributed by atoms with Gasteiger partial charge < -0.3 is 4.90 Å². The molecule has 5 aromatic rings. The van der Waals surface area contributed by atoms with Gasteiger partial charge in [-0.05, 0) is 120 Å². The summed E-state index contributed by atoms with van der Waals surface area (Å²) >= 11 is 0. The molecule has 0 N–H and O–H groups in total. The minimum atomic E-state index is 0.317. The van der Waals surface area contributed by atoms with Gasteiger partial charge >= 0.3 is 0 Å². The molecule has 0 saturated heterocycles. The molecule has 0 aromatic heterocycles. The summed E-state index contributed by atoms with van der Waals surface area (Å²) in [6.07, 6.45) is 8.49. The van der Waals surface area contributed by atoms with Crippen molar-refractivity contribution in [3.05, 3.63) is 139 Å². The van der Waals surface area contributed by atoms with Gasteiger partial charge in [0.25, 0.3) is 0 Å². The molecular formula is C40H37N. The van der Waals surface area contributed by atoms with Gasteiger partial charge in [0.1, 0.15) is 0 Å². The highest BCUT2D eigenvalue weighted by molar-refractivity contribution is 5.82. The number of benzene rings is 5. The standard InChI is InChI=1S/C40H37N/c1-3-9-32(10-4-1)34-15-19-36(20-16-34)41(37-21-17-35(18-22-37)33-11-5-2-6-12-33)39-14-8-7-13-38(39)40-26-29-23-30(27-40)25-31(24-29)28-40/h1-22,29-31H,23-28H2. The number of anilines is 3. The van der Waals surface area contributed by atoms with Crippen LogP contribution < -0.4 is 4.90 Å². The fourth-order valence-electron chi connectivity index (χ4n) is 8.85. The predicted octanol–water partition coefficient (Wildman–Crippen LogP) is 11.0. The first-order chi connectivity index (χ1) is 20.2. The molecule has 0 unspecified atom stereocenters. The summed E-state index contributed by atoms with van der Waals surface area (Å²) in [6, 6.07) is 49.1. The monoisotopic (exact) mass is 531 g/mol. The van der Waals surface area contributed by atoms with Crippen LogP contribution in [0.25, 0.3) is 22.3 Å². The van der Waals surface area contributed by atoms with E-state index in [4.69, 9.17) is 0 Å². The van der Waals surface area contributed by atoms with E-state index in [1.54, 1.807) is 5.56 Å². The third-order valence-electron chi connectivity index (χ3n) is 10.2. The summed E-state index contributed by atoms with van der Waals surface area (Å²) in [5.41, 5.74) is 10.7. The zero-order chi connectivity index (χ0) is 27.2. The molecule has 0 amide bonds. The highest BCUT2D eigenvalue weighted by atomic mass is 15.1. The molecule has 4 aliphatic carbocycles. The first-order valence-corrected chi connectivity index (χ1v) is 15.4. The van der Waals surface area contributed by atoms with E-state index in [0.717, 1.165) is 17.8 Å². The fraction of sp³-hybridized carbons (Fsp3) is 0.250. The summed E-state index contributed by atoms with van der Waals surface area (Å²) in [7, 11) is 0. The maximum Gasteiger partial charge on any atom is 0.0499 e. The van der Waals surface area contributed by atoms with Gasteiger partial charge in [0.15, 0.2) is 0 Å². The molecule has 1 nitrogen and oxygen atoms in total. The van der Waals surface area contributed by atoms with Crippen molar-refractivity contribution in [2.75, 3.05) is 4.90 Å². The quantitative estimate of drug-likeness (QED) is 0.211. The lowest BCUT2D eigenvalue weighted by Crippen LogP contribution is -2.48. The third kappa shape index (κ3) is 4.49. The molecule has 4 fully saturated rings. The highest BCUT2D eigenvalue weighted by Gasteiger charge is 2.52. The van der Waals surface area contributed by atoms with Crippen LogP contribution in [-0.4, -0.2) is 0 Å². The Kier molecular flexibility index (Phi) is 6.06. The second kappa shape index (κ2) is 10.1. The van der Waals surface area contributed by atoms with Crippen LogP contribution in [0.15, 0.2) is 133 Å². The first kappa shape index (κ1) is 24.7. The van der Waals surface area contributed by atoms with Crippen LogP contribution in [-0.2, 0) is 5.41 Å². The van der Waals surface area contributed by atoms with Crippen molar-refractivity contribution >= 4 is 17.1 Å². The highest BCUT2D eigenvalue weighted by Crippen LogP contribution is 2.62. The van der Waals surface area contributed by atoms with Crippen molar-refractivity contribution in [2.45, 2.75) is 43.9 Å². The number of hydrogen-bond donors (Lipinski definition) is 0. The second-order valence-corrected chi connectivity index (χ2v) is 12.9. The van der Waals surface area contributed by atoms with Gasteiger partial charge in [0.2, 0.25) is 0 Å². The molecule has 41 heavy (non-hydrogen) atoms. The minimum Gasteiger partial charge on any atom is -0.310 e. The topological polar surface area (TPSA) is 3.24 Å². The van der Waals surface area contributed by atoms with Crippen LogP contribution in [0.1, 0.15) is 44.1 Å². The number of nitrogens with zero attached hydrogens (tertiary/aromatic N) is 1. The van der Waals surface area contributed by atoms with Gasteiger partial charge in [-0.15, -0.1) is 0 Å². The van der Waals surface area contributed by atoms with Crippen LogP contribution in [0.3, 0.4) is 0 Å². The predicted molar refractivity (Wildman–Crippen MR) is 172 cm³/mol. The van der Waals surface area contributed by atoms with Crippen molar-refractivity contribution in [3.8, 4) is 22.3 Å². The van der Waals surface area contributed by atoms with E-state index < -0.39 is 0 Å². The van der Waals surface area contributed by atoms with Gasteiger partial charge in [-0.25, -0.2) is 0 Å². The average Bonchev–Trinajstić information content (AvgIpc) is 3.02. The molecule has 0 spiro atoms. The van der Waals surface area contributed by atoms with Crippen molar-refractivity contribution < 1.29 is 0 Å². The summed E-state index contributed by atoms with van der Waals surface area (Å²) in [5, 5.41) is 0. The normalized spacial score (nSPS) is 24.3. The van der Waals surface area contributed by atoms with Crippen molar-refractivity contribution in [1.29, 1.82) is 0 Å². The molecule has 0 radical (unpaired) electrons. The first-order valence-electron chi connectivity index (χ1n) is 15.4. The Balaban J connectivity index is 1.24.